The Labute approximate surface area is 150 Å². The van der Waals surface area contributed by atoms with E-state index in [9.17, 15) is 4.79 Å². The maximum absolute atomic E-state index is 12.2. The molecule has 6 nitrogen and oxygen atoms in total. The molecular formula is C15H22BrClN4O2. The summed E-state index contributed by atoms with van der Waals surface area (Å²) in [5.41, 5.74) is 2.25. The second-order valence-corrected chi connectivity index (χ2v) is 7.96. The van der Waals surface area contributed by atoms with Gasteiger partial charge >= 0.3 is 6.09 Å². The van der Waals surface area contributed by atoms with E-state index in [4.69, 9.17) is 16.3 Å². The minimum Gasteiger partial charge on any atom is -0.443 e. The summed E-state index contributed by atoms with van der Waals surface area (Å²) in [6, 6.07) is 0.129. The van der Waals surface area contributed by atoms with E-state index < -0.39 is 11.7 Å². The number of amides is 1. The molecule has 128 valence electrons. The van der Waals surface area contributed by atoms with Crippen LogP contribution in [0.5, 0.6) is 0 Å². The van der Waals surface area contributed by atoms with E-state index in [2.05, 4.69) is 38.2 Å². The van der Waals surface area contributed by atoms with Gasteiger partial charge in [0.15, 0.2) is 5.82 Å². The number of carbonyl (C=O) groups excluding carboxylic acids is 1. The highest BCUT2D eigenvalue weighted by molar-refractivity contribution is 9.10. The summed E-state index contributed by atoms with van der Waals surface area (Å²) < 4.78 is 6.04. The number of hydrazine groups is 1. The van der Waals surface area contributed by atoms with Gasteiger partial charge in [-0.2, -0.15) is 4.98 Å². The van der Waals surface area contributed by atoms with E-state index in [-0.39, 0.29) is 11.3 Å². The number of hydrogen-bond donors (Lipinski definition) is 1. The SMILES string of the molecule is C[C@@H]1CCC[C@H]1N(NC(=O)OC(C)(C)C)c1nc(Cl)ncc1Br. The Morgan fingerprint density at radius 3 is 2.74 bits per heavy atom. The molecular weight excluding hydrogens is 384 g/mol. The maximum atomic E-state index is 12.2. The van der Waals surface area contributed by atoms with Crippen molar-refractivity contribution in [1.82, 2.24) is 15.4 Å². The van der Waals surface area contributed by atoms with Crippen LogP contribution < -0.4 is 10.4 Å². The third kappa shape index (κ3) is 4.94. The lowest BCUT2D eigenvalue weighted by Gasteiger charge is -2.34. The largest absolute Gasteiger partial charge is 0.443 e. The van der Waals surface area contributed by atoms with Crippen molar-refractivity contribution in [2.75, 3.05) is 5.01 Å². The Bertz CT molecular complexity index is 579. The molecule has 1 aliphatic carbocycles. The van der Waals surface area contributed by atoms with Crippen LogP contribution in [0.2, 0.25) is 5.28 Å². The molecule has 1 aliphatic rings. The summed E-state index contributed by atoms with van der Waals surface area (Å²) in [5, 5.41) is 1.88. The standard InChI is InChI=1S/C15H22BrClN4O2/c1-9-6-5-7-11(9)21(20-14(22)23-15(2,3)4)12-10(16)8-18-13(17)19-12/h8-9,11H,5-7H2,1-4H3,(H,20,22)/t9-,11-/m1/s1. The first kappa shape index (κ1) is 18.3. The van der Waals surface area contributed by atoms with Crippen molar-refractivity contribution < 1.29 is 9.53 Å². The summed E-state index contributed by atoms with van der Waals surface area (Å²) in [5.74, 6) is 0.959. The number of carbonyl (C=O) groups is 1. The molecule has 0 aromatic carbocycles. The molecule has 1 saturated carbocycles. The summed E-state index contributed by atoms with van der Waals surface area (Å²) >= 11 is 9.37. The molecule has 0 aliphatic heterocycles. The fourth-order valence-electron chi connectivity index (χ4n) is 2.71. The number of halogens is 2. The maximum Gasteiger partial charge on any atom is 0.426 e. The smallest absolute Gasteiger partial charge is 0.426 e. The van der Waals surface area contributed by atoms with Gasteiger partial charge in [0.1, 0.15) is 5.60 Å². The van der Waals surface area contributed by atoms with Gasteiger partial charge in [0.25, 0.3) is 0 Å². The minimum absolute atomic E-state index is 0.129. The van der Waals surface area contributed by atoms with Crippen LogP contribution in [0.15, 0.2) is 10.7 Å². The Hall–Kier alpha value is -1.08. The van der Waals surface area contributed by atoms with E-state index >= 15 is 0 Å². The summed E-state index contributed by atoms with van der Waals surface area (Å²) in [7, 11) is 0. The topological polar surface area (TPSA) is 67.4 Å². The number of hydrogen-bond acceptors (Lipinski definition) is 5. The van der Waals surface area contributed by atoms with Crippen LogP contribution in [0, 0.1) is 5.92 Å². The Kier molecular flexibility index (Phi) is 5.73. The molecule has 8 heteroatoms. The molecule has 0 spiro atoms. The van der Waals surface area contributed by atoms with Gasteiger partial charge in [-0.25, -0.2) is 15.2 Å². The quantitative estimate of drug-likeness (QED) is 0.599. The van der Waals surface area contributed by atoms with Crippen LogP contribution in [-0.2, 0) is 4.74 Å². The van der Waals surface area contributed by atoms with E-state index in [0.29, 0.717) is 16.2 Å². The average Bonchev–Trinajstić information content (AvgIpc) is 2.83. The first-order valence-corrected chi connectivity index (χ1v) is 8.81. The lowest BCUT2D eigenvalue weighted by atomic mass is 10.1. The average molecular weight is 406 g/mol. The third-order valence-corrected chi connectivity index (χ3v) is 4.42. The fourth-order valence-corrected chi connectivity index (χ4v) is 3.22. The first-order chi connectivity index (χ1) is 10.7. The summed E-state index contributed by atoms with van der Waals surface area (Å²) in [6.45, 7) is 7.64. The number of nitrogens with zero attached hydrogens (tertiary/aromatic N) is 3. The van der Waals surface area contributed by atoms with Gasteiger partial charge < -0.3 is 4.74 Å². The van der Waals surface area contributed by atoms with Crippen molar-refractivity contribution in [3.05, 3.63) is 16.0 Å². The molecule has 2 rings (SSSR count). The van der Waals surface area contributed by atoms with Crippen LogP contribution in [0.4, 0.5) is 10.6 Å². The van der Waals surface area contributed by atoms with Crippen LogP contribution in [0.3, 0.4) is 0 Å². The molecule has 1 amide bonds. The van der Waals surface area contributed by atoms with Crippen molar-refractivity contribution in [2.45, 2.75) is 58.6 Å². The predicted octanol–water partition coefficient (Wildman–Crippen LogP) is 4.33. The number of ether oxygens (including phenoxy) is 1. The Morgan fingerprint density at radius 1 is 1.48 bits per heavy atom. The van der Waals surface area contributed by atoms with Crippen molar-refractivity contribution in [3.63, 3.8) is 0 Å². The highest BCUT2D eigenvalue weighted by Gasteiger charge is 2.33. The van der Waals surface area contributed by atoms with Crippen molar-refractivity contribution in [3.8, 4) is 0 Å². The molecule has 0 bridgehead atoms. The van der Waals surface area contributed by atoms with Crippen molar-refractivity contribution in [2.24, 2.45) is 5.92 Å². The molecule has 1 heterocycles. The van der Waals surface area contributed by atoms with Crippen LogP contribution in [0.1, 0.15) is 47.0 Å². The van der Waals surface area contributed by atoms with Crippen LogP contribution in [-0.4, -0.2) is 27.7 Å². The monoisotopic (exact) mass is 404 g/mol. The molecule has 1 N–H and O–H groups in total. The zero-order valence-electron chi connectivity index (χ0n) is 13.8. The second kappa shape index (κ2) is 7.21. The zero-order chi connectivity index (χ0) is 17.2. The molecule has 1 fully saturated rings. The highest BCUT2D eigenvalue weighted by Crippen LogP contribution is 2.34. The third-order valence-electron chi connectivity index (χ3n) is 3.68. The number of aromatic nitrogens is 2. The molecule has 1 aromatic heterocycles. The van der Waals surface area contributed by atoms with Crippen molar-refractivity contribution in [1.29, 1.82) is 0 Å². The molecule has 2 atom stereocenters. The van der Waals surface area contributed by atoms with Crippen LogP contribution >= 0.6 is 27.5 Å². The van der Waals surface area contributed by atoms with E-state index in [1.165, 1.54) is 0 Å². The van der Waals surface area contributed by atoms with Gasteiger partial charge in [0.05, 0.1) is 10.5 Å². The summed E-state index contributed by atoms with van der Waals surface area (Å²) in [6.07, 6.45) is 4.24. The highest BCUT2D eigenvalue weighted by atomic mass is 79.9. The van der Waals surface area contributed by atoms with Gasteiger partial charge in [0.2, 0.25) is 5.28 Å². The molecule has 0 saturated heterocycles. The number of anilines is 1. The zero-order valence-corrected chi connectivity index (χ0v) is 16.1. The lowest BCUT2D eigenvalue weighted by Crippen LogP contribution is -2.51. The Morgan fingerprint density at radius 2 is 2.17 bits per heavy atom. The van der Waals surface area contributed by atoms with E-state index in [0.717, 1.165) is 19.3 Å². The Balaban J connectivity index is 2.28. The molecule has 1 aromatic rings. The number of nitrogens with one attached hydrogen (secondary N) is 1. The van der Waals surface area contributed by atoms with Crippen molar-refractivity contribution >= 4 is 39.4 Å². The van der Waals surface area contributed by atoms with E-state index in [1.54, 1.807) is 11.2 Å². The van der Waals surface area contributed by atoms with Gasteiger partial charge in [-0.1, -0.05) is 13.3 Å². The molecule has 23 heavy (non-hydrogen) atoms. The van der Waals surface area contributed by atoms with Gasteiger partial charge in [-0.3, -0.25) is 5.01 Å². The fraction of sp³-hybridized carbons (Fsp3) is 0.667. The van der Waals surface area contributed by atoms with Gasteiger partial charge in [-0.15, -0.1) is 0 Å². The first-order valence-electron chi connectivity index (χ1n) is 7.64. The molecule has 0 unspecified atom stereocenters. The lowest BCUT2D eigenvalue weighted by molar-refractivity contribution is 0.0512. The van der Waals surface area contributed by atoms with Gasteiger partial charge in [0, 0.05) is 6.20 Å². The minimum atomic E-state index is -0.572. The normalized spacial score (nSPS) is 21.1. The second-order valence-electron chi connectivity index (χ2n) is 6.77. The van der Waals surface area contributed by atoms with E-state index in [1.807, 2.05) is 20.8 Å². The van der Waals surface area contributed by atoms with Crippen LogP contribution in [0.25, 0.3) is 0 Å². The number of rotatable bonds is 3. The summed E-state index contributed by atoms with van der Waals surface area (Å²) in [4.78, 5) is 20.4. The predicted molar refractivity (Wildman–Crippen MR) is 93.4 cm³/mol. The van der Waals surface area contributed by atoms with Gasteiger partial charge in [-0.05, 0) is 67.1 Å². The molecule has 0 radical (unpaired) electrons.